The molecule has 1 N–H and O–H groups in total. The Balaban J connectivity index is 1.75. The maximum Gasteiger partial charge on any atom is 0.261 e. The highest BCUT2D eigenvalue weighted by Gasteiger charge is 2.24. The Morgan fingerprint density at radius 1 is 0.967 bits per heavy atom. The molecule has 6 heteroatoms. The molecule has 0 saturated carbocycles. The van der Waals surface area contributed by atoms with Gasteiger partial charge < -0.3 is 5.32 Å². The van der Waals surface area contributed by atoms with Gasteiger partial charge in [0.05, 0.1) is 23.0 Å². The first-order valence-electron chi connectivity index (χ1n) is 9.46. The number of carbonyl (C=O) groups excluding carboxylic acids is 1. The molecule has 2 heterocycles. The summed E-state index contributed by atoms with van der Waals surface area (Å²) in [6, 6.07) is 22.9. The number of amides is 1. The lowest BCUT2D eigenvalue weighted by Crippen LogP contribution is -2.25. The normalized spacial score (nSPS) is 14.2. The van der Waals surface area contributed by atoms with E-state index in [0.717, 1.165) is 20.4 Å². The van der Waals surface area contributed by atoms with Crippen LogP contribution < -0.4 is 10.9 Å². The number of para-hydroxylation sites is 1. The molecule has 0 bridgehead atoms. The highest BCUT2D eigenvalue weighted by Crippen LogP contribution is 2.32. The number of nitrogens with zero attached hydrogens (tertiary/aromatic N) is 2. The molecular formula is C24H16IN3O2. The second-order valence-corrected chi connectivity index (χ2v) is 8.31. The summed E-state index contributed by atoms with van der Waals surface area (Å²) in [6.07, 6.45) is 1.71. The molecule has 0 spiro atoms. The maximum atomic E-state index is 13.4. The predicted molar refractivity (Wildman–Crippen MR) is 127 cm³/mol. The molecule has 1 amide bonds. The van der Waals surface area contributed by atoms with Crippen LogP contribution in [0, 0.1) is 3.57 Å². The van der Waals surface area contributed by atoms with E-state index in [4.69, 9.17) is 4.98 Å². The zero-order chi connectivity index (χ0) is 20.7. The first-order chi connectivity index (χ1) is 14.6. The number of nitrogens with one attached hydrogen (secondary N) is 1. The molecule has 146 valence electrons. The molecule has 0 radical (unpaired) electrons. The number of carbonyl (C=O) groups is 1. The van der Waals surface area contributed by atoms with Crippen molar-refractivity contribution in [2.24, 2.45) is 0 Å². The zero-order valence-corrected chi connectivity index (χ0v) is 18.0. The number of benzene rings is 3. The summed E-state index contributed by atoms with van der Waals surface area (Å²) in [7, 11) is 0. The quantitative estimate of drug-likeness (QED) is 0.329. The average molecular weight is 505 g/mol. The van der Waals surface area contributed by atoms with Crippen LogP contribution in [0.2, 0.25) is 0 Å². The number of anilines is 1. The summed E-state index contributed by atoms with van der Waals surface area (Å²) in [5, 5.41) is 3.44. The molecule has 0 fully saturated rings. The van der Waals surface area contributed by atoms with E-state index in [1.807, 2.05) is 72.8 Å². The van der Waals surface area contributed by atoms with Crippen LogP contribution in [0.5, 0.6) is 0 Å². The summed E-state index contributed by atoms with van der Waals surface area (Å²) in [5.41, 5.74) is 3.56. The molecule has 0 aliphatic carbocycles. The molecule has 4 aromatic rings. The number of halogens is 1. The number of fused-ring (bicyclic) bond motifs is 2. The minimum absolute atomic E-state index is 0.124. The van der Waals surface area contributed by atoms with Crippen LogP contribution in [0.3, 0.4) is 0 Å². The van der Waals surface area contributed by atoms with Gasteiger partial charge in [-0.2, -0.15) is 0 Å². The fourth-order valence-corrected chi connectivity index (χ4v) is 4.14. The van der Waals surface area contributed by atoms with E-state index in [2.05, 4.69) is 27.9 Å². The van der Waals surface area contributed by atoms with Crippen molar-refractivity contribution in [3.8, 4) is 0 Å². The van der Waals surface area contributed by atoms with Gasteiger partial charge in [0.25, 0.3) is 11.5 Å². The lowest BCUT2D eigenvalue weighted by molar-refractivity contribution is -0.110. The summed E-state index contributed by atoms with van der Waals surface area (Å²) in [4.78, 5) is 30.7. The van der Waals surface area contributed by atoms with Crippen LogP contribution in [0.1, 0.15) is 17.0 Å². The van der Waals surface area contributed by atoms with Crippen molar-refractivity contribution in [1.82, 2.24) is 9.55 Å². The highest BCUT2D eigenvalue weighted by atomic mass is 127. The van der Waals surface area contributed by atoms with Crippen molar-refractivity contribution >= 4 is 56.7 Å². The Bertz CT molecular complexity index is 1390. The number of hydrogen-bond donors (Lipinski definition) is 1. The summed E-state index contributed by atoms with van der Waals surface area (Å²) < 4.78 is 2.61. The van der Waals surface area contributed by atoms with Crippen LogP contribution in [0.15, 0.2) is 77.6 Å². The molecule has 5 nitrogen and oxygen atoms in total. The Morgan fingerprint density at radius 3 is 2.57 bits per heavy atom. The monoisotopic (exact) mass is 505 g/mol. The van der Waals surface area contributed by atoms with E-state index in [1.165, 1.54) is 0 Å². The van der Waals surface area contributed by atoms with E-state index in [0.29, 0.717) is 28.8 Å². The van der Waals surface area contributed by atoms with Crippen molar-refractivity contribution < 1.29 is 4.79 Å². The van der Waals surface area contributed by atoms with E-state index < -0.39 is 0 Å². The lowest BCUT2D eigenvalue weighted by Gasteiger charge is -2.12. The fraction of sp³-hybridized carbons (Fsp3) is 0.0417. The van der Waals surface area contributed by atoms with Crippen molar-refractivity contribution in [2.75, 3.05) is 5.32 Å². The second kappa shape index (κ2) is 7.53. The SMILES string of the molecule is O=C1Nc2ccccc2C1=Cc1nc2ccc(I)cc2c(=O)n1Cc1ccccc1. The van der Waals surface area contributed by atoms with Crippen molar-refractivity contribution in [3.05, 3.63) is 104 Å². The second-order valence-electron chi connectivity index (χ2n) is 7.07. The topological polar surface area (TPSA) is 64.0 Å². The van der Waals surface area contributed by atoms with Gasteiger partial charge in [-0.1, -0.05) is 48.5 Å². The summed E-state index contributed by atoms with van der Waals surface area (Å²) in [6.45, 7) is 0.371. The molecule has 5 rings (SSSR count). The van der Waals surface area contributed by atoms with Gasteiger partial charge in [-0.3, -0.25) is 14.2 Å². The first-order valence-corrected chi connectivity index (χ1v) is 10.5. The minimum atomic E-state index is -0.195. The van der Waals surface area contributed by atoms with Gasteiger partial charge in [0.15, 0.2) is 0 Å². The first kappa shape index (κ1) is 18.7. The minimum Gasteiger partial charge on any atom is -0.321 e. The Labute approximate surface area is 186 Å². The molecule has 0 unspecified atom stereocenters. The molecule has 3 aromatic carbocycles. The van der Waals surface area contributed by atoms with Gasteiger partial charge in [-0.25, -0.2) is 4.98 Å². The third-order valence-electron chi connectivity index (χ3n) is 5.11. The largest absolute Gasteiger partial charge is 0.321 e. The molecule has 1 aromatic heterocycles. The Morgan fingerprint density at radius 2 is 1.73 bits per heavy atom. The summed E-state index contributed by atoms with van der Waals surface area (Å²) >= 11 is 2.19. The fourth-order valence-electron chi connectivity index (χ4n) is 3.65. The summed E-state index contributed by atoms with van der Waals surface area (Å²) in [5.74, 6) is 0.263. The third kappa shape index (κ3) is 3.33. The molecule has 30 heavy (non-hydrogen) atoms. The Hall–Kier alpha value is -3.26. The van der Waals surface area contributed by atoms with Crippen molar-refractivity contribution in [1.29, 1.82) is 0 Å². The number of aromatic nitrogens is 2. The molecular weight excluding hydrogens is 489 g/mol. The lowest BCUT2D eigenvalue weighted by atomic mass is 10.1. The van der Waals surface area contributed by atoms with Gasteiger partial charge in [0, 0.05) is 14.8 Å². The van der Waals surface area contributed by atoms with E-state index in [1.54, 1.807) is 10.6 Å². The molecule has 0 atom stereocenters. The van der Waals surface area contributed by atoms with Gasteiger partial charge in [-0.05, 0) is 58.5 Å². The predicted octanol–water partition coefficient (Wildman–Crippen LogP) is 4.54. The van der Waals surface area contributed by atoms with E-state index in [-0.39, 0.29) is 11.5 Å². The molecule has 0 saturated heterocycles. The van der Waals surface area contributed by atoms with E-state index in [9.17, 15) is 9.59 Å². The van der Waals surface area contributed by atoms with Crippen LogP contribution in [0.4, 0.5) is 5.69 Å². The smallest absolute Gasteiger partial charge is 0.261 e. The Kier molecular flexibility index (Phi) is 4.71. The van der Waals surface area contributed by atoms with Gasteiger partial charge in [0.2, 0.25) is 0 Å². The van der Waals surface area contributed by atoms with Crippen molar-refractivity contribution in [3.63, 3.8) is 0 Å². The standard InChI is InChI=1S/C24H16IN3O2/c25-16-10-11-21-19(12-16)24(30)28(14-15-6-2-1-3-7-15)22(26-21)13-18-17-8-4-5-9-20(17)27-23(18)29/h1-13H,14H2,(H,27,29). The van der Waals surface area contributed by atoms with Gasteiger partial charge in [-0.15, -0.1) is 0 Å². The van der Waals surface area contributed by atoms with E-state index >= 15 is 0 Å². The number of rotatable bonds is 3. The maximum absolute atomic E-state index is 13.4. The highest BCUT2D eigenvalue weighted by molar-refractivity contribution is 14.1. The van der Waals surface area contributed by atoms with Gasteiger partial charge >= 0.3 is 0 Å². The van der Waals surface area contributed by atoms with Crippen LogP contribution in [-0.2, 0) is 11.3 Å². The third-order valence-corrected chi connectivity index (χ3v) is 5.78. The van der Waals surface area contributed by atoms with Crippen LogP contribution in [0.25, 0.3) is 22.6 Å². The van der Waals surface area contributed by atoms with Crippen LogP contribution in [-0.4, -0.2) is 15.5 Å². The average Bonchev–Trinajstić information content (AvgIpc) is 3.07. The zero-order valence-electron chi connectivity index (χ0n) is 15.8. The van der Waals surface area contributed by atoms with Crippen LogP contribution >= 0.6 is 22.6 Å². The molecule has 1 aliphatic rings. The van der Waals surface area contributed by atoms with Crippen molar-refractivity contribution in [2.45, 2.75) is 6.54 Å². The molecule has 1 aliphatic heterocycles. The van der Waals surface area contributed by atoms with Gasteiger partial charge in [0.1, 0.15) is 5.82 Å². The number of hydrogen-bond acceptors (Lipinski definition) is 3.